The molecule has 1 heterocycles. The molecule has 156 valence electrons. The second kappa shape index (κ2) is 8.79. The summed E-state index contributed by atoms with van der Waals surface area (Å²) in [6.07, 6.45) is -4.58. The molecule has 0 saturated carbocycles. The summed E-state index contributed by atoms with van der Waals surface area (Å²) in [7, 11) is 1.46. The standard InChI is InChI=1S/C19H17ClF3NO5/c1-26-4-5-27-15-3-2-12(19(21,22)23)10-14(15)24-18(25)11-8-13(20)17-16(9-11)28-6-7-29-17/h2-3,8-10H,4-7H2,1H3,(H,24,25). The van der Waals surface area contributed by atoms with E-state index in [-0.39, 0.29) is 41.0 Å². The van der Waals surface area contributed by atoms with Gasteiger partial charge in [-0.1, -0.05) is 11.6 Å². The van der Waals surface area contributed by atoms with Crippen LogP contribution in [0.3, 0.4) is 0 Å². The lowest BCUT2D eigenvalue weighted by atomic mass is 10.1. The van der Waals surface area contributed by atoms with E-state index in [1.54, 1.807) is 0 Å². The minimum Gasteiger partial charge on any atom is -0.489 e. The summed E-state index contributed by atoms with van der Waals surface area (Å²) in [5, 5.41) is 2.60. The van der Waals surface area contributed by atoms with Crippen molar-refractivity contribution in [3.8, 4) is 17.2 Å². The summed E-state index contributed by atoms with van der Waals surface area (Å²) < 4.78 is 60.4. The molecule has 0 bridgehead atoms. The Morgan fingerprint density at radius 1 is 1.17 bits per heavy atom. The van der Waals surface area contributed by atoms with Gasteiger partial charge in [-0.2, -0.15) is 13.2 Å². The molecule has 0 fully saturated rings. The van der Waals surface area contributed by atoms with Gasteiger partial charge in [-0.3, -0.25) is 4.79 Å². The van der Waals surface area contributed by atoms with Gasteiger partial charge < -0.3 is 24.3 Å². The van der Waals surface area contributed by atoms with Gasteiger partial charge in [0, 0.05) is 12.7 Å². The largest absolute Gasteiger partial charge is 0.489 e. The molecule has 0 radical (unpaired) electrons. The fourth-order valence-corrected chi connectivity index (χ4v) is 2.87. The monoisotopic (exact) mass is 431 g/mol. The first-order valence-corrected chi connectivity index (χ1v) is 8.91. The van der Waals surface area contributed by atoms with Crippen molar-refractivity contribution in [3.63, 3.8) is 0 Å². The van der Waals surface area contributed by atoms with Crippen molar-refractivity contribution in [1.82, 2.24) is 0 Å². The summed E-state index contributed by atoms with van der Waals surface area (Å²) in [5.41, 5.74) is -0.960. The van der Waals surface area contributed by atoms with Crippen LogP contribution in [0.2, 0.25) is 5.02 Å². The topological polar surface area (TPSA) is 66.0 Å². The molecule has 1 N–H and O–H groups in total. The molecule has 0 atom stereocenters. The van der Waals surface area contributed by atoms with Gasteiger partial charge in [0.05, 0.1) is 22.9 Å². The summed E-state index contributed by atoms with van der Waals surface area (Å²) in [6.45, 7) is 0.941. The van der Waals surface area contributed by atoms with Gasteiger partial charge in [0.15, 0.2) is 11.5 Å². The highest BCUT2D eigenvalue weighted by Gasteiger charge is 2.31. The number of anilines is 1. The predicted molar refractivity (Wildman–Crippen MR) is 99.2 cm³/mol. The first-order valence-electron chi connectivity index (χ1n) is 8.53. The van der Waals surface area contributed by atoms with Crippen molar-refractivity contribution in [2.24, 2.45) is 0 Å². The third-order valence-corrected chi connectivity index (χ3v) is 4.24. The van der Waals surface area contributed by atoms with E-state index in [1.807, 2.05) is 0 Å². The molecule has 29 heavy (non-hydrogen) atoms. The number of amides is 1. The van der Waals surface area contributed by atoms with E-state index < -0.39 is 17.6 Å². The lowest BCUT2D eigenvalue weighted by Gasteiger charge is -2.20. The second-order valence-electron chi connectivity index (χ2n) is 5.99. The Hall–Kier alpha value is -2.65. The van der Waals surface area contributed by atoms with E-state index in [4.69, 9.17) is 30.5 Å². The van der Waals surface area contributed by atoms with E-state index in [9.17, 15) is 18.0 Å². The van der Waals surface area contributed by atoms with Crippen molar-refractivity contribution in [3.05, 3.63) is 46.5 Å². The zero-order valence-corrected chi connectivity index (χ0v) is 16.0. The normalized spacial score (nSPS) is 13.1. The number of fused-ring (bicyclic) bond motifs is 1. The summed E-state index contributed by atoms with van der Waals surface area (Å²) in [6, 6.07) is 5.58. The highest BCUT2D eigenvalue weighted by Crippen LogP contribution is 2.39. The zero-order valence-electron chi connectivity index (χ0n) is 15.3. The maximum atomic E-state index is 13.1. The van der Waals surface area contributed by atoms with Gasteiger partial charge >= 0.3 is 6.18 Å². The molecular formula is C19H17ClF3NO5. The Labute approximate surface area is 169 Å². The van der Waals surface area contributed by atoms with Crippen LogP contribution >= 0.6 is 11.6 Å². The summed E-state index contributed by atoms with van der Waals surface area (Å²) in [4.78, 5) is 12.7. The fraction of sp³-hybridized carbons (Fsp3) is 0.316. The molecule has 1 amide bonds. The molecule has 0 spiro atoms. The number of nitrogens with one attached hydrogen (secondary N) is 1. The Kier molecular flexibility index (Phi) is 6.39. The number of hydrogen-bond donors (Lipinski definition) is 1. The van der Waals surface area contributed by atoms with Gasteiger partial charge in [-0.05, 0) is 30.3 Å². The summed E-state index contributed by atoms with van der Waals surface area (Å²) in [5.74, 6) is -0.00142. The first kappa shape index (κ1) is 21.1. The number of ether oxygens (including phenoxy) is 4. The van der Waals surface area contributed by atoms with Crippen LogP contribution in [0.15, 0.2) is 30.3 Å². The van der Waals surface area contributed by atoms with E-state index in [0.29, 0.717) is 19.0 Å². The Morgan fingerprint density at radius 2 is 1.93 bits per heavy atom. The van der Waals surface area contributed by atoms with Crippen LogP contribution < -0.4 is 19.5 Å². The third-order valence-electron chi connectivity index (χ3n) is 3.96. The molecule has 2 aromatic carbocycles. The molecule has 1 aliphatic heterocycles. The number of hydrogen-bond acceptors (Lipinski definition) is 5. The molecule has 6 nitrogen and oxygen atoms in total. The predicted octanol–water partition coefficient (Wildman–Crippen LogP) is 4.41. The van der Waals surface area contributed by atoms with Crippen molar-refractivity contribution in [2.75, 3.05) is 38.9 Å². The van der Waals surface area contributed by atoms with Gasteiger partial charge in [0.1, 0.15) is 25.6 Å². The lowest BCUT2D eigenvalue weighted by molar-refractivity contribution is -0.137. The molecule has 0 saturated heterocycles. The van der Waals surface area contributed by atoms with Crippen molar-refractivity contribution in [1.29, 1.82) is 0 Å². The third kappa shape index (κ3) is 5.04. The van der Waals surface area contributed by atoms with E-state index in [1.165, 1.54) is 19.2 Å². The molecule has 0 aliphatic carbocycles. The lowest BCUT2D eigenvalue weighted by Crippen LogP contribution is -2.18. The summed E-state index contributed by atoms with van der Waals surface area (Å²) >= 11 is 6.12. The molecule has 1 aliphatic rings. The van der Waals surface area contributed by atoms with Gasteiger partial charge in [0.25, 0.3) is 5.91 Å². The van der Waals surface area contributed by atoms with E-state index in [0.717, 1.165) is 18.2 Å². The highest BCUT2D eigenvalue weighted by molar-refractivity contribution is 6.32. The molecule has 3 rings (SSSR count). The maximum absolute atomic E-state index is 13.1. The number of carbonyl (C=O) groups excluding carboxylic acids is 1. The van der Waals surface area contributed by atoms with Crippen molar-refractivity contribution >= 4 is 23.2 Å². The molecule has 10 heteroatoms. The Morgan fingerprint density at radius 3 is 2.66 bits per heavy atom. The van der Waals surface area contributed by atoms with Gasteiger partial charge in [-0.25, -0.2) is 0 Å². The smallest absolute Gasteiger partial charge is 0.416 e. The molecule has 2 aromatic rings. The number of carbonyl (C=O) groups is 1. The quantitative estimate of drug-likeness (QED) is 0.686. The first-order chi connectivity index (χ1) is 13.8. The number of halogens is 4. The van der Waals surface area contributed by atoms with E-state index >= 15 is 0 Å². The van der Waals surface area contributed by atoms with Crippen LogP contribution in [-0.2, 0) is 10.9 Å². The average Bonchev–Trinajstić information content (AvgIpc) is 2.68. The van der Waals surface area contributed by atoms with Crippen molar-refractivity contribution in [2.45, 2.75) is 6.18 Å². The Balaban J connectivity index is 1.89. The zero-order chi connectivity index (χ0) is 21.0. The average molecular weight is 432 g/mol. The van der Waals surface area contributed by atoms with Crippen molar-refractivity contribution < 1.29 is 36.9 Å². The molecule has 0 aromatic heterocycles. The van der Waals surface area contributed by atoms with E-state index in [2.05, 4.69) is 5.32 Å². The highest BCUT2D eigenvalue weighted by atomic mass is 35.5. The molecular weight excluding hydrogens is 415 g/mol. The van der Waals surface area contributed by atoms with Crippen LogP contribution in [-0.4, -0.2) is 39.4 Å². The Bertz CT molecular complexity index is 904. The SMILES string of the molecule is COCCOc1ccc(C(F)(F)F)cc1NC(=O)c1cc(Cl)c2c(c1)OCCO2. The molecule has 0 unspecified atom stereocenters. The van der Waals surface area contributed by atoms with Crippen LogP contribution in [0.5, 0.6) is 17.2 Å². The number of rotatable bonds is 6. The number of alkyl halides is 3. The van der Waals surface area contributed by atoms with Crippen LogP contribution in [0.4, 0.5) is 18.9 Å². The number of methoxy groups -OCH3 is 1. The maximum Gasteiger partial charge on any atom is 0.416 e. The van der Waals surface area contributed by atoms with Crippen LogP contribution in [0.1, 0.15) is 15.9 Å². The van der Waals surface area contributed by atoms with Crippen LogP contribution in [0.25, 0.3) is 0 Å². The van der Waals surface area contributed by atoms with Gasteiger partial charge in [0.2, 0.25) is 0 Å². The van der Waals surface area contributed by atoms with Gasteiger partial charge in [-0.15, -0.1) is 0 Å². The fourth-order valence-electron chi connectivity index (χ4n) is 2.60. The second-order valence-corrected chi connectivity index (χ2v) is 6.39. The van der Waals surface area contributed by atoms with Crippen LogP contribution in [0, 0.1) is 0 Å². The number of benzene rings is 2. The minimum absolute atomic E-state index is 0.0760. The minimum atomic E-state index is -4.58.